The Morgan fingerprint density at radius 2 is 2.09 bits per heavy atom. The van der Waals surface area contributed by atoms with E-state index in [-0.39, 0.29) is 28.6 Å². The summed E-state index contributed by atoms with van der Waals surface area (Å²) in [6.07, 6.45) is 0. The molecule has 1 amide bonds. The van der Waals surface area contributed by atoms with E-state index in [2.05, 4.69) is 5.32 Å². The van der Waals surface area contributed by atoms with Crippen LogP contribution in [0.15, 0.2) is 36.4 Å². The summed E-state index contributed by atoms with van der Waals surface area (Å²) in [6.45, 7) is -0.00329. The summed E-state index contributed by atoms with van der Waals surface area (Å²) < 4.78 is 0. The van der Waals surface area contributed by atoms with Gasteiger partial charge in [0.25, 0.3) is 11.6 Å². The number of hydrogen-bond donors (Lipinski definition) is 2. The number of nitriles is 1. The zero-order valence-electron chi connectivity index (χ0n) is 11.6. The number of benzene rings is 2. The topological polar surface area (TPSA) is 116 Å². The number of phenolic OH excluding ortho intramolecular Hbond substituents is 1. The van der Waals surface area contributed by atoms with Gasteiger partial charge in [-0.3, -0.25) is 14.9 Å². The first kappa shape index (κ1) is 16.3. The van der Waals surface area contributed by atoms with Crippen molar-refractivity contribution in [2.45, 2.75) is 6.54 Å². The van der Waals surface area contributed by atoms with E-state index in [1.165, 1.54) is 24.3 Å². The number of phenols is 1. The Balaban J connectivity index is 2.14. The number of halogens is 1. The highest BCUT2D eigenvalue weighted by Gasteiger charge is 2.14. The Bertz CT molecular complexity index is 830. The van der Waals surface area contributed by atoms with Crippen LogP contribution >= 0.6 is 11.6 Å². The molecule has 0 aliphatic heterocycles. The summed E-state index contributed by atoms with van der Waals surface area (Å²) in [5.41, 5.74) is 0.457. The van der Waals surface area contributed by atoms with Gasteiger partial charge in [0.05, 0.1) is 16.6 Å². The molecule has 23 heavy (non-hydrogen) atoms. The third-order valence-corrected chi connectivity index (χ3v) is 3.23. The molecule has 0 unspecified atom stereocenters. The lowest BCUT2D eigenvalue weighted by molar-refractivity contribution is -0.384. The van der Waals surface area contributed by atoms with E-state index in [0.717, 1.165) is 12.1 Å². The van der Waals surface area contributed by atoms with Gasteiger partial charge in [0.1, 0.15) is 5.75 Å². The number of nitrogens with one attached hydrogen (secondary N) is 1. The number of non-ortho nitro benzene ring substituents is 1. The summed E-state index contributed by atoms with van der Waals surface area (Å²) in [5.74, 6) is -0.694. The van der Waals surface area contributed by atoms with Crippen LogP contribution in [0.5, 0.6) is 5.75 Å². The molecule has 2 rings (SSSR count). The van der Waals surface area contributed by atoms with E-state index in [1.54, 1.807) is 0 Å². The number of nitro benzene ring substituents is 1. The maximum Gasteiger partial charge on any atom is 0.271 e. The molecule has 116 valence electrons. The zero-order valence-corrected chi connectivity index (χ0v) is 12.4. The zero-order chi connectivity index (χ0) is 17.0. The summed E-state index contributed by atoms with van der Waals surface area (Å²) in [5, 5.41) is 31.8. The molecule has 2 N–H and O–H groups in total. The third-order valence-electron chi connectivity index (χ3n) is 3.01. The number of aromatic hydroxyl groups is 1. The van der Waals surface area contributed by atoms with Crippen LogP contribution in [0.3, 0.4) is 0 Å². The largest absolute Gasteiger partial charge is 0.508 e. The molecule has 0 saturated heterocycles. The number of hydrogen-bond acceptors (Lipinski definition) is 5. The van der Waals surface area contributed by atoms with Crippen molar-refractivity contribution in [2.75, 3.05) is 0 Å². The smallest absolute Gasteiger partial charge is 0.271 e. The predicted octanol–water partition coefficient (Wildman–Crippen LogP) is 2.76. The molecule has 0 atom stereocenters. The number of rotatable bonds is 4. The molecular formula is C15H10ClN3O4. The van der Waals surface area contributed by atoms with Crippen molar-refractivity contribution in [1.29, 1.82) is 5.26 Å². The van der Waals surface area contributed by atoms with Gasteiger partial charge in [-0.1, -0.05) is 17.7 Å². The Labute approximate surface area is 135 Å². The standard InChI is InChI=1S/C15H10ClN3O4/c16-12-4-11(5-13(6-12)19(22)23)15(21)18-8-10-2-1-9(7-17)3-14(10)20/h1-6,20H,8H2,(H,18,21). The first-order valence-electron chi connectivity index (χ1n) is 6.36. The van der Waals surface area contributed by atoms with Gasteiger partial charge in [0.2, 0.25) is 0 Å². The fourth-order valence-electron chi connectivity index (χ4n) is 1.87. The Morgan fingerprint density at radius 3 is 2.70 bits per heavy atom. The molecule has 8 heteroatoms. The van der Waals surface area contributed by atoms with E-state index < -0.39 is 10.8 Å². The van der Waals surface area contributed by atoms with Crippen molar-refractivity contribution in [1.82, 2.24) is 5.32 Å². The minimum Gasteiger partial charge on any atom is -0.508 e. The van der Waals surface area contributed by atoms with Crippen LogP contribution in [0.4, 0.5) is 5.69 Å². The number of amides is 1. The van der Waals surface area contributed by atoms with Gasteiger partial charge in [-0.25, -0.2) is 0 Å². The van der Waals surface area contributed by atoms with Crippen LogP contribution < -0.4 is 5.32 Å². The van der Waals surface area contributed by atoms with Gasteiger partial charge < -0.3 is 10.4 Å². The molecule has 0 aromatic heterocycles. The predicted molar refractivity (Wildman–Crippen MR) is 82.1 cm³/mol. The van der Waals surface area contributed by atoms with Crippen LogP contribution in [0.1, 0.15) is 21.5 Å². The van der Waals surface area contributed by atoms with Gasteiger partial charge in [-0.2, -0.15) is 5.26 Å². The molecule has 0 radical (unpaired) electrons. The van der Waals surface area contributed by atoms with Crippen LogP contribution in [0.2, 0.25) is 5.02 Å². The highest BCUT2D eigenvalue weighted by molar-refractivity contribution is 6.31. The van der Waals surface area contributed by atoms with E-state index in [1.807, 2.05) is 6.07 Å². The molecule has 0 spiro atoms. The van der Waals surface area contributed by atoms with E-state index in [4.69, 9.17) is 16.9 Å². The molecule has 2 aromatic rings. The molecule has 7 nitrogen and oxygen atoms in total. The fraction of sp³-hybridized carbons (Fsp3) is 0.0667. The number of carbonyl (C=O) groups is 1. The SMILES string of the molecule is N#Cc1ccc(CNC(=O)c2cc(Cl)cc([N+](=O)[O-])c2)c(O)c1. The second-order valence-electron chi connectivity index (χ2n) is 4.59. The average molecular weight is 332 g/mol. The quantitative estimate of drug-likeness (QED) is 0.660. The maximum absolute atomic E-state index is 12.1. The second-order valence-corrected chi connectivity index (χ2v) is 5.03. The third kappa shape index (κ3) is 3.96. The molecule has 0 heterocycles. The first-order valence-corrected chi connectivity index (χ1v) is 6.73. The number of nitro groups is 1. The van der Waals surface area contributed by atoms with Crippen LogP contribution in [0, 0.1) is 21.4 Å². The molecule has 0 fully saturated rings. The number of nitrogens with zero attached hydrogens (tertiary/aromatic N) is 2. The van der Waals surface area contributed by atoms with Gasteiger partial charge in [-0.15, -0.1) is 0 Å². The first-order chi connectivity index (χ1) is 10.9. The van der Waals surface area contributed by atoms with E-state index in [9.17, 15) is 20.0 Å². The lowest BCUT2D eigenvalue weighted by Gasteiger charge is -2.08. The summed E-state index contributed by atoms with van der Waals surface area (Å²) in [4.78, 5) is 22.2. The minimum absolute atomic E-state index is 0.00329. The molecular weight excluding hydrogens is 322 g/mol. The lowest BCUT2D eigenvalue weighted by Crippen LogP contribution is -2.23. The summed E-state index contributed by atoms with van der Waals surface area (Å²) in [6, 6.07) is 9.74. The van der Waals surface area contributed by atoms with Crippen molar-refractivity contribution >= 4 is 23.2 Å². The second kappa shape index (κ2) is 6.77. The van der Waals surface area contributed by atoms with Gasteiger partial charge in [0, 0.05) is 34.8 Å². The van der Waals surface area contributed by atoms with Crippen molar-refractivity contribution in [2.24, 2.45) is 0 Å². The molecule has 0 saturated carbocycles. The maximum atomic E-state index is 12.1. The monoisotopic (exact) mass is 331 g/mol. The van der Waals surface area contributed by atoms with E-state index in [0.29, 0.717) is 11.1 Å². The molecule has 0 aliphatic carbocycles. The van der Waals surface area contributed by atoms with Crippen LogP contribution in [-0.4, -0.2) is 15.9 Å². The van der Waals surface area contributed by atoms with Crippen LogP contribution in [0.25, 0.3) is 0 Å². The fourth-order valence-corrected chi connectivity index (χ4v) is 2.10. The Morgan fingerprint density at radius 1 is 1.35 bits per heavy atom. The van der Waals surface area contributed by atoms with Crippen molar-refractivity contribution in [3.05, 3.63) is 68.2 Å². The average Bonchev–Trinajstić information content (AvgIpc) is 2.52. The van der Waals surface area contributed by atoms with E-state index >= 15 is 0 Å². The molecule has 2 aromatic carbocycles. The highest BCUT2D eigenvalue weighted by Crippen LogP contribution is 2.22. The van der Waals surface area contributed by atoms with Crippen molar-refractivity contribution in [3.8, 4) is 11.8 Å². The Kier molecular flexibility index (Phi) is 4.79. The molecule has 0 aliphatic rings. The minimum atomic E-state index is -0.644. The normalized spacial score (nSPS) is 9.91. The van der Waals surface area contributed by atoms with Gasteiger partial charge in [0.15, 0.2) is 0 Å². The van der Waals surface area contributed by atoms with Crippen LogP contribution in [-0.2, 0) is 6.54 Å². The lowest BCUT2D eigenvalue weighted by atomic mass is 10.1. The van der Waals surface area contributed by atoms with Gasteiger partial charge >= 0.3 is 0 Å². The Hall–Kier alpha value is -3.11. The van der Waals surface area contributed by atoms with Crippen molar-refractivity contribution < 1.29 is 14.8 Å². The highest BCUT2D eigenvalue weighted by atomic mass is 35.5. The van der Waals surface area contributed by atoms with Gasteiger partial charge in [-0.05, 0) is 18.2 Å². The number of carbonyl (C=O) groups excluding carboxylic acids is 1. The van der Waals surface area contributed by atoms with Crippen molar-refractivity contribution in [3.63, 3.8) is 0 Å². The summed E-state index contributed by atoms with van der Waals surface area (Å²) in [7, 11) is 0. The molecule has 0 bridgehead atoms. The summed E-state index contributed by atoms with van der Waals surface area (Å²) >= 11 is 5.76.